The summed E-state index contributed by atoms with van der Waals surface area (Å²) in [6.45, 7) is 7.90. The number of likely N-dealkylation sites (tertiary alicyclic amines) is 2. The monoisotopic (exact) mass is 360 g/mol. The minimum absolute atomic E-state index is 0.187. The number of methoxy groups -OCH3 is 1. The average molecular weight is 360 g/mol. The van der Waals surface area contributed by atoms with Gasteiger partial charge in [-0.25, -0.2) is 4.39 Å². The normalized spacial score (nSPS) is 24.5. The van der Waals surface area contributed by atoms with E-state index in [9.17, 15) is 9.18 Å². The van der Waals surface area contributed by atoms with E-state index in [2.05, 4.69) is 24.8 Å². The first-order valence-electron chi connectivity index (χ1n) is 9.43. The lowest BCUT2D eigenvalue weighted by Crippen LogP contribution is -2.49. The molecule has 2 aliphatic heterocycles. The molecule has 1 atom stereocenters. The highest BCUT2D eigenvalue weighted by Gasteiger charge is 2.48. The van der Waals surface area contributed by atoms with E-state index in [-0.39, 0.29) is 17.1 Å². The van der Waals surface area contributed by atoms with Gasteiger partial charge in [0, 0.05) is 31.7 Å². The van der Waals surface area contributed by atoms with Crippen LogP contribution in [0.25, 0.3) is 0 Å². The van der Waals surface area contributed by atoms with Crippen molar-refractivity contribution in [2.75, 3.05) is 33.3 Å². The van der Waals surface area contributed by atoms with Crippen molar-refractivity contribution in [1.29, 1.82) is 0 Å². The van der Waals surface area contributed by atoms with Gasteiger partial charge in [0.15, 0.2) is 0 Å². The Balaban J connectivity index is 1.72. The number of halogens is 1. The molecule has 1 spiro atoms. The maximum Gasteiger partial charge on any atom is 0.230 e. The summed E-state index contributed by atoms with van der Waals surface area (Å²) in [6.07, 6.45) is 4.95. The molecule has 2 aliphatic rings. The molecule has 1 amide bonds. The zero-order valence-electron chi connectivity index (χ0n) is 16.1. The van der Waals surface area contributed by atoms with Crippen LogP contribution in [0.5, 0.6) is 5.75 Å². The summed E-state index contributed by atoms with van der Waals surface area (Å²) in [5.41, 5.74) is 1.57. The van der Waals surface area contributed by atoms with Gasteiger partial charge in [0.2, 0.25) is 5.91 Å². The highest BCUT2D eigenvalue weighted by atomic mass is 19.1. The van der Waals surface area contributed by atoms with E-state index < -0.39 is 0 Å². The Bertz CT molecular complexity index is 703. The quantitative estimate of drug-likeness (QED) is 0.752. The van der Waals surface area contributed by atoms with Gasteiger partial charge >= 0.3 is 0 Å². The van der Waals surface area contributed by atoms with Gasteiger partial charge in [-0.2, -0.15) is 0 Å². The number of carbonyl (C=O) groups excluding carboxylic acids is 1. The minimum atomic E-state index is -0.290. The third kappa shape index (κ3) is 3.78. The molecule has 1 aromatic rings. The molecular weight excluding hydrogens is 331 g/mol. The van der Waals surface area contributed by atoms with Crippen molar-refractivity contribution in [2.45, 2.75) is 39.7 Å². The average Bonchev–Trinajstić information content (AvgIpc) is 3.04. The molecule has 0 radical (unpaired) electrons. The molecule has 0 aromatic heterocycles. The number of amides is 1. The molecule has 0 N–H and O–H groups in total. The Morgan fingerprint density at radius 2 is 2.15 bits per heavy atom. The van der Waals surface area contributed by atoms with Crippen molar-refractivity contribution in [2.24, 2.45) is 5.41 Å². The van der Waals surface area contributed by atoms with Gasteiger partial charge in [-0.1, -0.05) is 11.6 Å². The van der Waals surface area contributed by atoms with Crippen LogP contribution in [-0.4, -0.2) is 49.0 Å². The second-order valence-electron chi connectivity index (χ2n) is 7.66. The van der Waals surface area contributed by atoms with Crippen LogP contribution in [-0.2, 0) is 11.3 Å². The van der Waals surface area contributed by atoms with Crippen LogP contribution in [0.2, 0.25) is 0 Å². The molecule has 5 heteroatoms. The van der Waals surface area contributed by atoms with Gasteiger partial charge in [-0.15, -0.1) is 0 Å². The zero-order valence-corrected chi connectivity index (χ0v) is 16.1. The minimum Gasteiger partial charge on any atom is -0.497 e. The maximum atomic E-state index is 14.2. The van der Waals surface area contributed by atoms with Gasteiger partial charge in [0.1, 0.15) is 11.6 Å². The number of hydrogen-bond acceptors (Lipinski definition) is 3. The number of hydrogen-bond donors (Lipinski definition) is 0. The van der Waals surface area contributed by atoms with Gasteiger partial charge in [0.25, 0.3) is 0 Å². The maximum absolute atomic E-state index is 14.2. The van der Waals surface area contributed by atoms with Crippen LogP contribution < -0.4 is 4.74 Å². The lowest BCUT2D eigenvalue weighted by Gasteiger charge is -2.39. The second kappa shape index (κ2) is 7.78. The molecule has 0 aliphatic carbocycles. The predicted molar refractivity (Wildman–Crippen MR) is 101 cm³/mol. The molecular formula is C21H29FN2O2. The number of benzene rings is 1. The van der Waals surface area contributed by atoms with Crippen molar-refractivity contribution >= 4 is 5.91 Å². The Hall–Kier alpha value is -1.88. The lowest BCUT2D eigenvalue weighted by atomic mass is 9.78. The van der Waals surface area contributed by atoms with Crippen molar-refractivity contribution in [1.82, 2.24) is 9.80 Å². The summed E-state index contributed by atoms with van der Waals surface area (Å²) in [4.78, 5) is 17.5. The topological polar surface area (TPSA) is 32.8 Å². The van der Waals surface area contributed by atoms with Crippen molar-refractivity contribution in [3.8, 4) is 5.75 Å². The Morgan fingerprint density at radius 1 is 1.35 bits per heavy atom. The number of nitrogens with zero attached hydrogens (tertiary/aromatic N) is 2. The second-order valence-corrected chi connectivity index (χ2v) is 7.66. The van der Waals surface area contributed by atoms with Gasteiger partial charge < -0.3 is 9.64 Å². The predicted octanol–water partition coefficient (Wildman–Crippen LogP) is 3.62. The molecule has 1 aromatic carbocycles. The molecule has 3 rings (SSSR count). The molecule has 2 fully saturated rings. The van der Waals surface area contributed by atoms with Crippen molar-refractivity contribution in [3.05, 3.63) is 41.2 Å². The zero-order chi connectivity index (χ0) is 18.7. The van der Waals surface area contributed by atoms with Crippen LogP contribution in [0, 0.1) is 11.2 Å². The van der Waals surface area contributed by atoms with Crippen LogP contribution in [0.15, 0.2) is 29.8 Å². The van der Waals surface area contributed by atoms with E-state index in [4.69, 9.17) is 4.74 Å². The van der Waals surface area contributed by atoms with Gasteiger partial charge in [-0.05, 0) is 57.9 Å². The Labute approximate surface area is 155 Å². The first kappa shape index (κ1) is 18.9. The van der Waals surface area contributed by atoms with Gasteiger partial charge in [0.05, 0.1) is 12.5 Å². The fourth-order valence-corrected chi connectivity index (χ4v) is 4.22. The third-order valence-electron chi connectivity index (χ3n) is 5.84. The summed E-state index contributed by atoms with van der Waals surface area (Å²) < 4.78 is 19.4. The summed E-state index contributed by atoms with van der Waals surface area (Å²) in [5.74, 6) is 0.524. The standard InChI is InChI=1S/C21H29FN2O2/c1-4-16(2)13-23-11-9-21(15-23)8-5-10-24(20(21)25)14-17-12-18(26-3)6-7-19(17)22/h4,6-7,12H,5,8-11,13-15H2,1-3H3/b16-4+. The summed E-state index contributed by atoms with van der Waals surface area (Å²) >= 11 is 0. The number of ether oxygens (including phenoxy) is 1. The molecule has 1 unspecified atom stereocenters. The Kier molecular flexibility index (Phi) is 5.66. The number of rotatable bonds is 5. The SMILES string of the molecule is C/C=C(\C)CN1CCC2(CCCN(Cc3cc(OC)ccc3F)C2=O)C1. The molecule has 2 saturated heterocycles. The highest BCUT2D eigenvalue weighted by molar-refractivity contribution is 5.84. The summed E-state index contributed by atoms with van der Waals surface area (Å²) in [7, 11) is 1.57. The third-order valence-corrected chi connectivity index (χ3v) is 5.84. The highest BCUT2D eigenvalue weighted by Crippen LogP contribution is 2.40. The van der Waals surface area contributed by atoms with Crippen molar-refractivity contribution in [3.63, 3.8) is 0 Å². The van der Waals surface area contributed by atoms with Crippen LogP contribution in [0.3, 0.4) is 0 Å². The lowest BCUT2D eigenvalue weighted by molar-refractivity contribution is -0.146. The largest absolute Gasteiger partial charge is 0.497 e. The summed E-state index contributed by atoms with van der Waals surface area (Å²) in [5, 5.41) is 0. The molecule has 0 saturated carbocycles. The van der Waals surface area contributed by atoms with E-state index in [0.29, 0.717) is 24.4 Å². The Morgan fingerprint density at radius 3 is 2.88 bits per heavy atom. The molecule has 0 bridgehead atoms. The van der Waals surface area contributed by atoms with Crippen LogP contribution >= 0.6 is 0 Å². The fraction of sp³-hybridized carbons (Fsp3) is 0.571. The summed E-state index contributed by atoms with van der Waals surface area (Å²) in [6, 6.07) is 4.71. The molecule has 4 nitrogen and oxygen atoms in total. The van der Waals surface area contributed by atoms with E-state index in [1.54, 1.807) is 19.2 Å². The molecule has 142 valence electrons. The first-order valence-corrected chi connectivity index (χ1v) is 9.43. The molecule has 26 heavy (non-hydrogen) atoms. The van der Waals surface area contributed by atoms with E-state index in [0.717, 1.165) is 38.9 Å². The van der Waals surface area contributed by atoms with Crippen LogP contribution in [0.1, 0.15) is 38.7 Å². The van der Waals surface area contributed by atoms with E-state index >= 15 is 0 Å². The number of piperidine rings is 1. The first-order chi connectivity index (χ1) is 12.5. The fourth-order valence-electron chi connectivity index (χ4n) is 4.22. The smallest absolute Gasteiger partial charge is 0.230 e. The van der Waals surface area contributed by atoms with Crippen LogP contribution in [0.4, 0.5) is 4.39 Å². The number of carbonyl (C=O) groups is 1. The molecule has 2 heterocycles. The van der Waals surface area contributed by atoms with E-state index in [1.807, 2.05) is 4.90 Å². The van der Waals surface area contributed by atoms with Crippen molar-refractivity contribution < 1.29 is 13.9 Å². The van der Waals surface area contributed by atoms with E-state index in [1.165, 1.54) is 11.6 Å². The van der Waals surface area contributed by atoms with Gasteiger partial charge in [-0.3, -0.25) is 9.69 Å². The number of allylic oxidation sites excluding steroid dienone is 1.